The molecule has 0 aliphatic carbocycles. The highest BCUT2D eigenvalue weighted by molar-refractivity contribution is 5.81. The molecule has 6 nitrogen and oxygen atoms in total. The average Bonchev–Trinajstić information content (AvgIpc) is 3.16. The fraction of sp³-hybridized carbons (Fsp3) is 0.286. The summed E-state index contributed by atoms with van der Waals surface area (Å²) in [5.74, 6) is 0.667. The molecule has 0 spiro atoms. The van der Waals surface area contributed by atoms with Crippen LogP contribution in [0.3, 0.4) is 0 Å². The van der Waals surface area contributed by atoms with Gasteiger partial charge in [0.1, 0.15) is 5.75 Å². The van der Waals surface area contributed by atoms with Crippen LogP contribution in [0.1, 0.15) is 24.3 Å². The van der Waals surface area contributed by atoms with Crippen LogP contribution in [0.2, 0.25) is 0 Å². The van der Waals surface area contributed by atoms with Gasteiger partial charge in [0.15, 0.2) is 6.10 Å². The number of amides is 1. The molecule has 3 aromatic rings. The van der Waals surface area contributed by atoms with Gasteiger partial charge >= 0.3 is 6.18 Å². The molecule has 2 heterocycles. The summed E-state index contributed by atoms with van der Waals surface area (Å²) in [5.41, 5.74) is -0.559. The van der Waals surface area contributed by atoms with Crippen LogP contribution in [0.4, 0.5) is 13.2 Å². The number of halogens is 3. The first-order valence-electron chi connectivity index (χ1n) is 9.33. The number of aromatic nitrogens is 2. The largest absolute Gasteiger partial charge is 0.481 e. The number of carbonyl (C=O) groups is 1. The normalized spacial score (nSPS) is 15.5. The molecule has 9 heteroatoms. The number of hydrogen-bond acceptors (Lipinski definition) is 5. The van der Waals surface area contributed by atoms with E-state index in [4.69, 9.17) is 9.26 Å². The number of rotatable bonds is 5. The van der Waals surface area contributed by atoms with Crippen molar-refractivity contribution in [2.24, 2.45) is 0 Å². The Morgan fingerprint density at radius 1 is 1.17 bits per heavy atom. The molecule has 1 aliphatic rings. The first kappa shape index (κ1) is 19.9. The minimum Gasteiger partial charge on any atom is -0.481 e. The van der Waals surface area contributed by atoms with Crippen LogP contribution in [-0.4, -0.2) is 40.1 Å². The topological polar surface area (TPSA) is 68.5 Å². The first-order valence-corrected chi connectivity index (χ1v) is 9.33. The Hall–Kier alpha value is -3.36. The molecule has 156 valence electrons. The zero-order valence-electron chi connectivity index (χ0n) is 16.0. The van der Waals surface area contributed by atoms with E-state index < -0.39 is 17.8 Å². The van der Waals surface area contributed by atoms with Gasteiger partial charge in [-0.1, -0.05) is 35.5 Å². The van der Waals surface area contributed by atoms with Crippen LogP contribution in [-0.2, 0) is 11.0 Å². The summed E-state index contributed by atoms with van der Waals surface area (Å²) in [7, 11) is 0. The highest BCUT2D eigenvalue weighted by Gasteiger charge is 2.38. The van der Waals surface area contributed by atoms with Crippen molar-refractivity contribution in [2.75, 3.05) is 13.1 Å². The van der Waals surface area contributed by atoms with Crippen molar-refractivity contribution < 1.29 is 27.2 Å². The molecule has 0 bridgehead atoms. The van der Waals surface area contributed by atoms with Crippen LogP contribution in [0.25, 0.3) is 11.4 Å². The SMILES string of the molecule is CC(Oc1ccccc1)C(=O)N1CC(c2nc(-c3cccc(C(F)(F)F)c3)no2)C1. The van der Waals surface area contributed by atoms with E-state index in [0.717, 1.165) is 12.1 Å². The summed E-state index contributed by atoms with van der Waals surface area (Å²) < 4.78 is 49.5. The molecule has 2 aromatic carbocycles. The zero-order chi connectivity index (χ0) is 21.3. The Bertz CT molecular complexity index is 1030. The molecule has 1 saturated heterocycles. The molecule has 4 rings (SSSR count). The first-order chi connectivity index (χ1) is 14.3. The molecule has 1 fully saturated rings. The quantitative estimate of drug-likeness (QED) is 0.624. The van der Waals surface area contributed by atoms with Gasteiger partial charge in [0.25, 0.3) is 5.91 Å². The van der Waals surface area contributed by atoms with Crippen LogP contribution in [0.5, 0.6) is 5.75 Å². The molecular weight excluding hydrogens is 399 g/mol. The van der Waals surface area contributed by atoms with Crippen LogP contribution in [0.15, 0.2) is 59.1 Å². The number of nitrogens with zero attached hydrogens (tertiary/aromatic N) is 3. The van der Waals surface area contributed by atoms with Gasteiger partial charge in [-0.25, -0.2) is 0 Å². The summed E-state index contributed by atoms with van der Waals surface area (Å²) in [5, 5.41) is 3.79. The lowest BCUT2D eigenvalue weighted by atomic mass is 9.99. The van der Waals surface area contributed by atoms with Gasteiger partial charge in [-0.15, -0.1) is 0 Å². The maximum absolute atomic E-state index is 12.9. The predicted molar refractivity (Wildman–Crippen MR) is 101 cm³/mol. The van der Waals surface area contributed by atoms with E-state index in [-0.39, 0.29) is 23.2 Å². The molecule has 0 saturated carbocycles. The second kappa shape index (κ2) is 7.81. The van der Waals surface area contributed by atoms with Crippen molar-refractivity contribution in [2.45, 2.75) is 25.1 Å². The Morgan fingerprint density at radius 2 is 1.90 bits per heavy atom. The van der Waals surface area contributed by atoms with Crippen molar-refractivity contribution in [1.29, 1.82) is 0 Å². The lowest BCUT2D eigenvalue weighted by Crippen LogP contribution is -2.52. The Kier molecular flexibility index (Phi) is 5.19. The summed E-state index contributed by atoms with van der Waals surface area (Å²) in [6.45, 7) is 2.44. The highest BCUT2D eigenvalue weighted by Crippen LogP contribution is 2.33. The smallest absolute Gasteiger partial charge is 0.416 e. The van der Waals surface area contributed by atoms with Gasteiger partial charge in [-0.3, -0.25) is 4.79 Å². The Labute approximate surface area is 170 Å². The molecule has 0 N–H and O–H groups in total. The minimum atomic E-state index is -4.45. The van der Waals surface area contributed by atoms with Crippen molar-refractivity contribution in [3.63, 3.8) is 0 Å². The van der Waals surface area contributed by atoms with Gasteiger partial charge < -0.3 is 14.2 Å². The number of para-hydroxylation sites is 1. The van der Waals surface area contributed by atoms with Crippen molar-refractivity contribution in [3.05, 3.63) is 66.1 Å². The van der Waals surface area contributed by atoms with E-state index in [2.05, 4.69) is 10.1 Å². The van der Waals surface area contributed by atoms with Crippen LogP contribution < -0.4 is 4.74 Å². The number of benzene rings is 2. The second-order valence-electron chi connectivity index (χ2n) is 7.05. The van der Waals surface area contributed by atoms with E-state index in [1.165, 1.54) is 12.1 Å². The highest BCUT2D eigenvalue weighted by atomic mass is 19.4. The van der Waals surface area contributed by atoms with Gasteiger partial charge in [-0.2, -0.15) is 18.2 Å². The van der Waals surface area contributed by atoms with Gasteiger partial charge in [0.2, 0.25) is 11.7 Å². The van der Waals surface area contributed by atoms with E-state index in [1.807, 2.05) is 18.2 Å². The summed E-state index contributed by atoms with van der Waals surface area (Å²) in [4.78, 5) is 18.3. The zero-order valence-corrected chi connectivity index (χ0v) is 16.0. The maximum atomic E-state index is 12.9. The lowest BCUT2D eigenvalue weighted by molar-refractivity contribution is -0.143. The standard InChI is InChI=1S/C21H18F3N3O3/c1-13(29-17-8-3-2-4-9-17)20(28)27-11-15(12-27)19-25-18(26-30-19)14-6-5-7-16(10-14)21(22,23)24/h2-10,13,15H,11-12H2,1H3. The molecule has 1 amide bonds. The van der Waals surface area contributed by atoms with Gasteiger partial charge in [-0.05, 0) is 31.2 Å². The molecule has 1 atom stereocenters. The Morgan fingerprint density at radius 3 is 2.60 bits per heavy atom. The summed E-state index contributed by atoms with van der Waals surface area (Å²) in [6.07, 6.45) is -5.09. The second-order valence-corrected chi connectivity index (χ2v) is 7.05. The van der Waals surface area contributed by atoms with Crippen LogP contribution in [0, 0.1) is 0 Å². The van der Waals surface area contributed by atoms with E-state index in [0.29, 0.717) is 24.7 Å². The number of ether oxygens (including phenoxy) is 1. The predicted octanol–water partition coefficient (Wildman–Crippen LogP) is 4.15. The molecule has 0 radical (unpaired) electrons. The fourth-order valence-electron chi connectivity index (χ4n) is 3.18. The van der Waals surface area contributed by atoms with Gasteiger partial charge in [0, 0.05) is 18.7 Å². The van der Waals surface area contributed by atoms with Crippen molar-refractivity contribution in [1.82, 2.24) is 15.0 Å². The number of likely N-dealkylation sites (tertiary alicyclic amines) is 1. The monoisotopic (exact) mass is 417 g/mol. The van der Waals surface area contributed by atoms with Crippen molar-refractivity contribution in [3.8, 4) is 17.1 Å². The van der Waals surface area contributed by atoms with E-state index in [9.17, 15) is 18.0 Å². The third kappa shape index (κ3) is 4.14. The molecule has 1 aliphatic heterocycles. The van der Waals surface area contributed by atoms with E-state index >= 15 is 0 Å². The van der Waals surface area contributed by atoms with Crippen LogP contribution >= 0.6 is 0 Å². The molecule has 1 aromatic heterocycles. The lowest BCUT2D eigenvalue weighted by Gasteiger charge is -2.38. The van der Waals surface area contributed by atoms with Crippen molar-refractivity contribution >= 4 is 5.91 Å². The minimum absolute atomic E-state index is 0.0849. The van der Waals surface area contributed by atoms with Gasteiger partial charge in [0.05, 0.1) is 11.5 Å². The fourth-order valence-corrected chi connectivity index (χ4v) is 3.18. The third-order valence-corrected chi connectivity index (χ3v) is 4.84. The molecule has 30 heavy (non-hydrogen) atoms. The summed E-state index contributed by atoms with van der Waals surface area (Å²) in [6, 6.07) is 13.8. The number of hydrogen-bond donors (Lipinski definition) is 0. The number of alkyl halides is 3. The number of carbonyl (C=O) groups excluding carboxylic acids is 1. The van der Waals surface area contributed by atoms with E-state index in [1.54, 1.807) is 24.0 Å². The molecular formula is C21H18F3N3O3. The summed E-state index contributed by atoms with van der Waals surface area (Å²) >= 11 is 0. The third-order valence-electron chi connectivity index (χ3n) is 4.84. The average molecular weight is 417 g/mol. The maximum Gasteiger partial charge on any atom is 0.416 e. The Balaban J connectivity index is 1.37. The molecule has 1 unspecified atom stereocenters.